The van der Waals surface area contributed by atoms with E-state index in [9.17, 15) is 14.4 Å². The zero-order chi connectivity index (χ0) is 43.3. The topological polar surface area (TPSA) is 78.9 Å². The van der Waals surface area contributed by atoms with Crippen LogP contribution in [0.25, 0.3) is 0 Å². The first-order chi connectivity index (χ1) is 28.7. The molecular weight excluding hydrogens is 733 g/mol. The Labute approximate surface area is 368 Å². The van der Waals surface area contributed by atoms with Crippen LogP contribution in [0.1, 0.15) is 291 Å². The lowest BCUT2D eigenvalue weighted by Crippen LogP contribution is -2.30. The third kappa shape index (κ3) is 47.3. The van der Waals surface area contributed by atoms with Gasteiger partial charge < -0.3 is 14.2 Å². The fourth-order valence-corrected chi connectivity index (χ4v) is 7.99. The first kappa shape index (κ1) is 57.4. The van der Waals surface area contributed by atoms with Crippen molar-refractivity contribution in [2.45, 2.75) is 298 Å². The van der Waals surface area contributed by atoms with Gasteiger partial charge in [-0.05, 0) is 31.1 Å². The molecular formula is C53H102O6. The summed E-state index contributed by atoms with van der Waals surface area (Å²) in [5.41, 5.74) is 0. The van der Waals surface area contributed by atoms with Crippen LogP contribution in [0.4, 0.5) is 0 Å². The number of ether oxygens (including phenoxy) is 3. The molecule has 0 aromatic rings. The number of hydrogen-bond donors (Lipinski definition) is 0. The highest BCUT2D eigenvalue weighted by Crippen LogP contribution is 2.17. The van der Waals surface area contributed by atoms with E-state index < -0.39 is 6.10 Å². The van der Waals surface area contributed by atoms with Gasteiger partial charge in [0.2, 0.25) is 0 Å². The van der Waals surface area contributed by atoms with Crippen molar-refractivity contribution in [3.05, 3.63) is 0 Å². The van der Waals surface area contributed by atoms with Crippen LogP contribution < -0.4 is 0 Å². The van der Waals surface area contributed by atoms with Crippen molar-refractivity contribution in [3.8, 4) is 0 Å². The highest BCUT2D eigenvalue weighted by Gasteiger charge is 2.19. The van der Waals surface area contributed by atoms with E-state index in [-0.39, 0.29) is 31.1 Å². The molecule has 6 heteroatoms. The van der Waals surface area contributed by atoms with Gasteiger partial charge in [-0.2, -0.15) is 0 Å². The second-order valence-corrected chi connectivity index (χ2v) is 19.1. The summed E-state index contributed by atoms with van der Waals surface area (Å²) in [4.78, 5) is 37.9. The molecule has 350 valence electrons. The Morgan fingerprint density at radius 2 is 0.559 bits per heavy atom. The zero-order valence-corrected chi connectivity index (χ0v) is 40.4. The minimum Gasteiger partial charge on any atom is -0.462 e. The molecule has 0 N–H and O–H groups in total. The van der Waals surface area contributed by atoms with Crippen molar-refractivity contribution in [1.29, 1.82) is 0 Å². The minimum absolute atomic E-state index is 0.0639. The number of carbonyl (C=O) groups excluding carboxylic acids is 3. The molecule has 1 atom stereocenters. The molecule has 0 aromatic heterocycles. The van der Waals surface area contributed by atoms with Crippen molar-refractivity contribution >= 4 is 17.9 Å². The number of esters is 3. The van der Waals surface area contributed by atoms with Gasteiger partial charge in [-0.15, -0.1) is 0 Å². The summed E-state index contributed by atoms with van der Waals surface area (Å²) in [6.07, 6.45) is 46.7. The average Bonchev–Trinajstić information content (AvgIpc) is 3.20. The maximum Gasteiger partial charge on any atom is 0.306 e. The molecule has 6 nitrogen and oxygen atoms in total. The van der Waals surface area contributed by atoms with Gasteiger partial charge in [0.1, 0.15) is 13.2 Å². The van der Waals surface area contributed by atoms with Crippen LogP contribution in [0.15, 0.2) is 0 Å². The molecule has 0 saturated heterocycles. The lowest BCUT2D eigenvalue weighted by molar-refractivity contribution is -0.167. The number of rotatable bonds is 47. The molecule has 59 heavy (non-hydrogen) atoms. The van der Waals surface area contributed by atoms with Gasteiger partial charge in [0.25, 0.3) is 0 Å². The van der Waals surface area contributed by atoms with E-state index in [0.717, 1.165) is 69.6 Å². The van der Waals surface area contributed by atoms with E-state index in [1.54, 1.807) is 0 Å². The van der Waals surface area contributed by atoms with Gasteiger partial charge >= 0.3 is 17.9 Å². The summed E-state index contributed by atoms with van der Waals surface area (Å²) < 4.78 is 16.8. The molecule has 0 fully saturated rings. The SMILES string of the molecule is CCCCCCCCCCCCCCCCC(=O)OC[C@H](COC(=O)CCCCCCCCCC(C)C)OC(=O)CCCCCCCCCCCCCCCCC(C)C. The molecule has 0 radical (unpaired) electrons. The molecule has 0 aromatic carbocycles. The van der Waals surface area contributed by atoms with Crippen LogP contribution in [0.5, 0.6) is 0 Å². The average molecular weight is 835 g/mol. The molecule has 0 unspecified atom stereocenters. The number of hydrogen-bond acceptors (Lipinski definition) is 6. The molecule has 0 saturated carbocycles. The van der Waals surface area contributed by atoms with Crippen molar-refractivity contribution < 1.29 is 28.6 Å². The van der Waals surface area contributed by atoms with Crippen LogP contribution >= 0.6 is 0 Å². The van der Waals surface area contributed by atoms with Crippen LogP contribution in [0.2, 0.25) is 0 Å². The number of carbonyl (C=O) groups is 3. The Morgan fingerprint density at radius 1 is 0.322 bits per heavy atom. The van der Waals surface area contributed by atoms with Crippen LogP contribution in [-0.2, 0) is 28.6 Å². The van der Waals surface area contributed by atoms with Crippen LogP contribution in [-0.4, -0.2) is 37.2 Å². The third-order valence-electron chi connectivity index (χ3n) is 12.0. The highest BCUT2D eigenvalue weighted by atomic mass is 16.6. The Hall–Kier alpha value is -1.59. The number of unbranched alkanes of at least 4 members (excludes halogenated alkanes) is 32. The minimum atomic E-state index is -0.762. The summed E-state index contributed by atoms with van der Waals surface area (Å²) in [6.45, 7) is 11.3. The maximum absolute atomic E-state index is 12.8. The van der Waals surface area contributed by atoms with Crippen molar-refractivity contribution in [2.24, 2.45) is 11.8 Å². The Kier molecular flexibility index (Phi) is 44.7. The summed E-state index contributed by atoms with van der Waals surface area (Å²) >= 11 is 0. The van der Waals surface area contributed by atoms with Gasteiger partial charge in [-0.25, -0.2) is 0 Å². The lowest BCUT2D eigenvalue weighted by atomic mass is 10.0. The van der Waals surface area contributed by atoms with Gasteiger partial charge in [0.05, 0.1) is 0 Å². The van der Waals surface area contributed by atoms with E-state index in [0.29, 0.717) is 19.3 Å². The quantitative estimate of drug-likeness (QED) is 0.0345. The largest absolute Gasteiger partial charge is 0.462 e. The van der Waals surface area contributed by atoms with Crippen LogP contribution in [0, 0.1) is 11.8 Å². The molecule has 0 bridgehead atoms. The van der Waals surface area contributed by atoms with Gasteiger partial charge in [-0.1, -0.05) is 253 Å². The smallest absolute Gasteiger partial charge is 0.306 e. The van der Waals surface area contributed by atoms with Crippen molar-refractivity contribution in [2.75, 3.05) is 13.2 Å². The van der Waals surface area contributed by atoms with Crippen LogP contribution in [0.3, 0.4) is 0 Å². The molecule has 0 spiro atoms. The lowest BCUT2D eigenvalue weighted by Gasteiger charge is -2.18. The van der Waals surface area contributed by atoms with Gasteiger partial charge in [0.15, 0.2) is 6.10 Å². The van der Waals surface area contributed by atoms with Gasteiger partial charge in [0, 0.05) is 19.3 Å². The first-order valence-electron chi connectivity index (χ1n) is 26.2. The maximum atomic E-state index is 12.8. The van der Waals surface area contributed by atoms with E-state index in [1.165, 1.54) is 180 Å². The molecule has 0 aliphatic carbocycles. The summed E-state index contributed by atoms with van der Waals surface area (Å²) in [7, 11) is 0. The van der Waals surface area contributed by atoms with E-state index >= 15 is 0 Å². The highest BCUT2D eigenvalue weighted by molar-refractivity contribution is 5.71. The molecule has 0 rings (SSSR count). The fraction of sp³-hybridized carbons (Fsp3) is 0.943. The molecule has 0 heterocycles. The Morgan fingerprint density at radius 3 is 0.831 bits per heavy atom. The summed E-state index contributed by atoms with van der Waals surface area (Å²) in [5.74, 6) is 0.776. The summed E-state index contributed by atoms with van der Waals surface area (Å²) in [6, 6.07) is 0. The van der Waals surface area contributed by atoms with E-state index in [4.69, 9.17) is 14.2 Å². The molecule has 0 aliphatic rings. The molecule has 0 aliphatic heterocycles. The predicted molar refractivity (Wildman–Crippen MR) is 252 cm³/mol. The third-order valence-corrected chi connectivity index (χ3v) is 12.0. The van der Waals surface area contributed by atoms with Gasteiger partial charge in [-0.3, -0.25) is 14.4 Å². The summed E-state index contributed by atoms with van der Waals surface area (Å²) in [5, 5.41) is 0. The second kappa shape index (κ2) is 45.9. The monoisotopic (exact) mass is 835 g/mol. The standard InChI is InChI=1S/C53H102O6/c1-6-7-8-9-10-11-12-13-17-20-23-28-33-38-43-51(54)57-46-50(47-58-52(55)44-39-34-30-25-27-32-37-42-49(4)5)59-53(56)45-40-35-29-24-21-18-15-14-16-19-22-26-31-36-41-48(2)3/h48-50H,6-47H2,1-5H3/t50-/m1/s1. The fourth-order valence-electron chi connectivity index (χ4n) is 7.99. The van der Waals surface area contributed by atoms with Crippen molar-refractivity contribution in [1.82, 2.24) is 0 Å². The molecule has 0 amide bonds. The Bertz CT molecular complexity index is 900. The zero-order valence-electron chi connectivity index (χ0n) is 40.4. The second-order valence-electron chi connectivity index (χ2n) is 19.1. The predicted octanol–water partition coefficient (Wildman–Crippen LogP) is 16.9. The Balaban J connectivity index is 4.28. The first-order valence-corrected chi connectivity index (χ1v) is 26.2. The van der Waals surface area contributed by atoms with E-state index in [1.807, 2.05) is 0 Å². The van der Waals surface area contributed by atoms with Crippen molar-refractivity contribution in [3.63, 3.8) is 0 Å². The normalized spacial score (nSPS) is 12.1. The van der Waals surface area contributed by atoms with E-state index in [2.05, 4.69) is 34.6 Å².